The molecule has 0 bridgehead atoms. The SMILES string of the molecule is C=N/C(=C\C(=N/C)C(=O)NC[C@H](O)CN1CCc2ccccc2C1)NC1CNC1. The zero-order valence-electron chi connectivity index (χ0n) is 16.9. The summed E-state index contributed by atoms with van der Waals surface area (Å²) in [6, 6.07) is 8.67. The van der Waals surface area contributed by atoms with Gasteiger partial charge >= 0.3 is 0 Å². The Morgan fingerprint density at radius 3 is 2.83 bits per heavy atom. The zero-order valence-corrected chi connectivity index (χ0v) is 16.9. The highest BCUT2D eigenvalue weighted by Crippen LogP contribution is 2.18. The molecule has 0 aromatic heterocycles. The van der Waals surface area contributed by atoms with Crippen molar-refractivity contribution in [3.05, 3.63) is 47.3 Å². The van der Waals surface area contributed by atoms with Crippen LogP contribution in [-0.4, -0.2) is 80.3 Å². The molecule has 2 aliphatic rings. The number of aliphatic imine (C=N–C) groups is 2. The van der Waals surface area contributed by atoms with Crippen LogP contribution in [0.25, 0.3) is 0 Å². The van der Waals surface area contributed by atoms with Gasteiger partial charge in [0.05, 0.1) is 12.1 Å². The molecule has 0 spiro atoms. The van der Waals surface area contributed by atoms with E-state index in [-0.39, 0.29) is 24.2 Å². The topological polar surface area (TPSA) is 101 Å². The predicted octanol–water partition coefficient (Wildman–Crippen LogP) is -0.304. The van der Waals surface area contributed by atoms with Crippen LogP contribution < -0.4 is 16.0 Å². The molecule has 0 saturated carbocycles. The smallest absolute Gasteiger partial charge is 0.269 e. The second-order valence-electron chi connectivity index (χ2n) is 7.41. The monoisotopic (exact) mass is 398 g/mol. The standard InChI is InChI=1S/C21H30N6O2/c1-22-19(9-20(23-2)26-17-10-24-11-17)21(29)25-12-18(28)14-27-8-7-15-5-3-4-6-16(15)13-27/h3-6,9,17-18,24,26,28H,2,7-8,10-14H2,1H3,(H,25,29)/b20-9+,22-19+/t18-/m0/s1. The van der Waals surface area contributed by atoms with Gasteiger partial charge in [-0.05, 0) is 24.3 Å². The number of fused-ring (bicyclic) bond motifs is 1. The van der Waals surface area contributed by atoms with E-state index >= 15 is 0 Å². The molecule has 0 aliphatic carbocycles. The van der Waals surface area contributed by atoms with Gasteiger partial charge in [0.1, 0.15) is 11.5 Å². The molecule has 0 unspecified atom stereocenters. The molecule has 3 rings (SSSR count). The molecule has 8 heteroatoms. The van der Waals surface area contributed by atoms with Crippen molar-refractivity contribution in [1.29, 1.82) is 0 Å². The van der Waals surface area contributed by atoms with Crippen molar-refractivity contribution in [2.24, 2.45) is 9.98 Å². The van der Waals surface area contributed by atoms with Gasteiger partial charge in [-0.15, -0.1) is 0 Å². The summed E-state index contributed by atoms with van der Waals surface area (Å²) in [6.07, 6.45) is 1.91. The first-order valence-electron chi connectivity index (χ1n) is 9.97. The Balaban J connectivity index is 1.46. The van der Waals surface area contributed by atoms with Crippen molar-refractivity contribution in [3.63, 3.8) is 0 Å². The highest BCUT2D eigenvalue weighted by Gasteiger charge is 2.20. The summed E-state index contributed by atoms with van der Waals surface area (Å²) >= 11 is 0. The quantitative estimate of drug-likeness (QED) is 0.428. The van der Waals surface area contributed by atoms with Crippen LogP contribution in [0.3, 0.4) is 0 Å². The molecule has 156 valence electrons. The van der Waals surface area contributed by atoms with Crippen LogP contribution in [0.15, 0.2) is 46.1 Å². The van der Waals surface area contributed by atoms with Gasteiger partial charge in [-0.1, -0.05) is 24.3 Å². The lowest BCUT2D eigenvalue weighted by atomic mass is 10.00. The van der Waals surface area contributed by atoms with Crippen LogP contribution in [0.4, 0.5) is 0 Å². The van der Waals surface area contributed by atoms with Crippen LogP contribution in [0.5, 0.6) is 0 Å². The lowest BCUT2D eigenvalue weighted by molar-refractivity contribution is -0.115. The fraction of sp³-hybridized carbons (Fsp3) is 0.476. The van der Waals surface area contributed by atoms with Gasteiger partial charge in [0.2, 0.25) is 0 Å². The summed E-state index contributed by atoms with van der Waals surface area (Å²) in [5.41, 5.74) is 2.92. The number of aliphatic hydroxyl groups is 1. The zero-order chi connectivity index (χ0) is 20.6. The highest BCUT2D eigenvalue weighted by atomic mass is 16.3. The number of hydrogen-bond donors (Lipinski definition) is 4. The Morgan fingerprint density at radius 2 is 2.17 bits per heavy atom. The van der Waals surface area contributed by atoms with Crippen LogP contribution in [0.1, 0.15) is 11.1 Å². The summed E-state index contributed by atoms with van der Waals surface area (Å²) < 4.78 is 0. The largest absolute Gasteiger partial charge is 0.390 e. The van der Waals surface area contributed by atoms with Crippen LogP contribution in [0.2, 0.25) is 0 Å². The maximum absolute atomic E-state index is 12.4. The Bertz CT molecular complexity index is 787. The Morgan fingerprint density at radius 1 is 1.41 bits per heavy atom. The molecule has 1 saturated heterocycles. The summed E-state index contributed by atoms with van der Waals surface area (Å²) in [5.74, 6) is 0.171. The molecule has 2 aliphatic heterocycles. The van der Waals surface area contributed by atoms with E-state index in [2.05, 4.69) is 55.8 Å². The van der Waals surface area contributed by atoms with Crippen LogP contribution in [-0.2, 0) is 17.8 Å². The average molecular weight is 399 g/mol. The van der Waals surface area contributed by atoms with Crippen molar-refractivity contribution < 1.29 is 9.90 Å². The first kappa shape index (κ1) is 21.2. The summed E-state index contributed by atoms with van der Waals surface area (Å²) in [5, 5.41) is 19.5. The third kappa shape index (κ3) is 5.96. The van der Waals surface area contributed by atoms with Gasteiger partial charge in [0, 0.05) is 52.4 Å². The number of β-amino-alcohol motifs (C(OH)–C–C–N with tert-alkyl or cyclic N) is 1. The predicted molar refractivity (Wildman–Crippen MR) is 115 cm³/mol. The van der Waals surface area contributed by atoms with E-state index in [1.54, 1.807) is 13.1 Å². The van der Waals surface area contributed by atoms with Gasteiger partial charge in [-0.25, -0.2) is 4.99 Å². The first-order chi connectivity index (χ1) is 14.1. The lowest BCUT2D eigenvalue weighted by Gasteiger charge is -2.30. The van der Waals surface area contributed by atoms with E-state index in [4.69, 9.17) is 0 Å². The van der Waals surface area contributed by atoms with E-state index in [0.717, 1.165) is 32.6 Å². The fourth-order valence-electron chi connectivity index (χ4n) is 3.47. The molecule has 1 fully saturated rings. The van der Waals surface area contributed by atoms with E-state index in [1.165, 1.54) is 11.1 Å². The number of hydrogen-bond acceptors (Lipinski definition) is 7. The maximum Gasteiger partial charge on any atom is 0.269 e. The van der Waals surface area contributed by atoms with Gasteiger partial charge in [-0.3, -0.25) is 14.7 Å². The molecule has 4 N–H and O–H groups in total. The Kier molecular flexibility index (Phi) is 7.51. The van der Waals surface area contributed by atoms with Crippen LogP contribution >= 0.6 is 0 Å². The number of nitrogens with one attached hydrogen (secondary N) is 3. The van der Waals surface area contributed by atoms with Crippen molar-refractivity contribution in [3.8, 4) is 0 Å². The molecule has 29 heavy (non-hydrogen) atoms. The molecule has 2 heterocycles. The van der Waals surface area contributed by atoms with Crippen molar-refractivity contribution in [2.75, 3.05) is 39.8 Å². The van der Waals surface area contributed by atoms with Crippen molar-refractivity contribution >= 4 is 18.3 Å². The van der Waals surface area contributed by atoms with Crippen molar-refractivity contribution in [2.45, 2.75) is 25.1 Å². The average Bonchev–Trinajstić information content (AvgIpc) is 2.71. The molecule has 1 amide bonds. The maximum atomic E-state index is 12.4. The number of nitrogens with zero attached hydrogens (tertiary/aromatic N) is 3. The second-order valence-corrected chi connectivity index (χ2v) is 7.41. The molecule has 1 atom stereocenters. The normalized spacial score (nSPS) is 19.1. The van der Waals surface area contributed by atoms with Gasteiger partial charge in [0.25, 0.3) is 5.91 Å². The van der Waals surface area contributed by atoms with E-state index in [0.29, 0.717) is 12.4 Å². The molecular formula is C21H30N6O2. The molecule has 1 aromatic carbocycles. The number of benzene rings is 1. The Hall–Kier alpha value is -2.55. The lowest BCUT2D eigenvalue weighted by Crippen LogP contribution is -2.54. The Labute approximate surface area is 171 Å². The molecular weight excluding hydrogens is 368 g/mol. The minimum atomic E-state index is -0.650. The van der Waals surface area contributed by atoms with E-state index in [1.807, 2.05) is 6.07 Å². The number of aliphatic hydroxyl groups excluding tert-OH is 1. The molecule has 8 nitrogen and oxygen atoms in total. The van der Waals surface area contributed by atoms with Crippen molar-refractivity contribution in [1.82, 2.24) is 20.9 Å². The summed E-state index contributed by atoms with van der Waals surface area (Å²) in [7, 11) is 1.55. The van der Waals surface area contributed by atoms with Gasteiger partial charge in [-0.2, -0.15) is 0 Å². The van der Waals surface area contributed by atoms with Gasteiger partial charge < -0.3 is 21.1 Å². The molecule has 1 aromatic rings. The second kappa shape index (κ2) is 10.3. The van der Waals surface area contributed by atoms with E-state index in [9.17, 15) is 9.90 Å². The highest BCUT2D eigenvalue weighted by molar-refractivity contribution is 6.43. The number of rotatable bonds is 9. The van der Waals surface area contributed by atoms with Gasteiger partial charge in [0.15, 0.2) is 0 Å². The third-order valence-electron chi connectivity index (χ3n) is 5.23. The number of carbonyl (C=O) groups is 1. The first-order valence-corrected chi connectivity index (χ1v) is 9.97. The summed E-state index contributed by atoms with van der Waals surface area (Å²) in [4.78, 5) is 22.6. The van der Waals surface area contributed by atoms with Crippen LogP contribution in [0, 0.1) is 0 Å². The fourth-order valence-corrected chi connectivity index (χ4v) is 3.47. The summed E-state index contributed by atoms with van der Waals surface area (Å²) in [6.45, 7) is 7.65. The number of carbonyl (C=O) groups excluding carboxylic acids is 1. The third-order valence-corrected chi connectivity index (χ3v) is 5.23. The van der Waals surface area contributed by atoms with E-state index < -0.39 is 6.10 Å². The molecule has 0 radical (unpaired) electrons. The minimum Gasteiger partial charge on any atom is -0.390 e. The minimum absolute atomic E-state index is 0.167. The number of amides is 1.